The normalized spacial score (nSPS) is 11.7. The Labute approximate surface area is 206 Å². The highest BCUT2D eigenvalue weighted by Crippen LogP contribution is 2.46. The molecule has 5 heteroatoms. The molecule has 0 unspecified atom stereocenters. The highest BCUT2D eigenvalue weighted by molar-refractivity contribution is 7.90. The number of aryl methyl sites for hydroxylation is 1. The van der Waals surface area contributed by atoms with Crippen LogP contribution in [0.4, 0.5) is 5.69 Å². The number of H-pyrrole nitrogens is 1. The van der Waals surface area contributed by atoms with Crippen molar-refractivity contribution < 1.29 is 8.42 Å². The number of aromatic nitrogens is 1. The van der Waals surface area contributed by atoms with Crippen LogP contribution >= 0.6 is 0 Å². The summed E-state index contributed by atoms with van der Waals surface area (Å²) in [5, 5.41) is 0.994. The number of sulfone groups is 1. The maximum absolute atomic E-state index is 13.2. The minimum Gasteiger partial charge on any atom is -0.378 e. The van der Waals surface area contributed by atoms with E-state index in [0.717, 1.165) is 55.7 Å². The van der Waals surface area contributed by atoms with Crippen molar-refractivity contribution in [2.75, 3.05) is 25.3 Å². The summed E-state index contributed by atoms with van der Waals surface area (Å²) in [4.78, 5) is 5.96. The van der Waals surface area contributed by atoms with Crippen LogP contribution in [-0.2, 0) is 9.84 Å². The SMILES string of the molecule is Cc1ccc(S(C)(=O)=O)c(-c2c(-c3ccccc3)[nH]c3ccccc23)c1-c1ccc(N(C)C)cc1. The lowest BCUT2D eigenvalue weighted by Gasteiger charge is -2.19. The van der Waals surface area contributed by atoms with Gasteiger partial charge in [0.1, 0.15) is 0 Å². The molecule has 0 aliphatic heterocycles. The molecule has 4 nitrogen and oxygen atoms in total. The van der Waals surface area contributed by atoms with Crippen molar-refractivity contribution in [3.8, 4) is 33.5 Å². The Balaban J connectivity index is 1.94. The van der Waals surface area contributed by atoms with Gasteiger partial charge in [-0.05, 0) is 53.4 Å². The molecule has 5 aromatic rings. The fourth-order valence-electron chi connectivity index (χ4n) is 4.77. The smallest absolute Gasteiger partial charge is 0.176 e. The van der Waals surface area contributed by atoms with Crippen molar-refractivity contribution in [1.82, 2.24) is 4.98 Å². The van der Waals surface area contributed by atoms with Crippen LogP contribution < -0.4 is 4.90 Å². The number of nitrogens with one attached hydrogen (secondary N) is 1. The van der Waals surface area contributed by atoms with Crippen molar-refractivity contribution in [3.63, 3.8) is 0 Å². The first kappa shape index (κ1) is 22.9. The molecule has 0 fully saturated rings. The van der Waals surface area contributed by atoms with Crippen molar-refractivity contribution in [1.29, 1.82) is 0 Å². The monoisotopic (exact) mass is 480 g/mol. The predicted molar refractivity (Wildman–Crippen MR) is 147 cm³/mol. The minimum absolute atomic E-state index is 0.330. The molecule has 5 rings (SSSR count). The lowest BCUT2D eigenvalue weighted by Crippen LogP contribution is -2.08. The zero-order valence-electron chi connectivity index (χ0n) is 20.3. The fourth-order valence-corrected chi connectivity index (χ4v) is 5.66. The van der Waals surface area contributed by atoms with Crippen LogP contribution in [-0.4, -0.2) is 33.8 Å². The minimum atomic E-state index is -3.52. The Morgan fingerprint density at radius 3 is 2.00 bits per heavy atom. The highest BCUT2D eigenvalue weighted by Gasteiger charge is 2.26. The third kappa shape index (κ3) is 4.13. The number of hydrogen-bond acceptors (Lipinski definition) is 3. The molecule has 0 radical (unpaired) electrons. The quantitative estimate of drug-likeness (QED) is 0.296. The number of fused-ring (bicyclic) bond motifs is 1. The van der Waals surface area contributed by atoms with Crippen molar-refractivity contribution in [3.05, 3.63) is 96.6 Å². The summed E-state index contributed by atoms with van der Waals surface area (Å²) in [6.07, 6.45) is 1.29. The topological polar surface area (TPSA) is 53.2 Å². The summed E-state index contributed by atoms with van der Waals surface area (Å²) in [6, 6.07) is 30.1. The van der Waals surface area contributed by atoms with Crippen LogP contribution in [0.25, 0.3) is 44.4 Å². The maximum atomic E-state index is 13.2. The molecule has 0 aliphatic rings. The number of aromatic amines is 1. The van der Waals surface area contributed by atoms with Gasteiger partial charge in [0, 0.05) is 48.1 Å². The van der Waals surface area contributed by atoms with E-state index in [9.17, 15) is 8.42 Å². The average Bonchev–Trinajstić information content (AvgIpc) is 3.23. The first-order valence-electron chi connectivity index (χ1n) is 11.5. The Morgan fingerprint density at radius 1 is 0.686 bits per heavy atom. The second kappa shape index (κ2) is 8.75. The second-order valence-corrected chi connectivity index (χ2v) is 11.1. The molecule has 0 amide bonds. The van der Waals surface area contributed by atoms with Gasteiger partial charge in [-0.15, -0.1) is 0 Å². The van der Waals surface area contributed by atoms with E-state index in [1.165, 1.54) is 6.26 Å². The molecule has 1 N–H and O–H groups in total. The number of anilines is 1. The fraction of sp³-hybridized carbons (Fsp3) is 0.133. The average molecular weight is 481 g/mol. The van der Waals surface area contributed by atoms with Crippen LogP contribution in [0.15, 0.2) is 95.9 Å². The van der Waals surface area contributed by atoms with Gasteiger partial charge in [-0.1, -0.05) is 66.7 Å². The summed E-state index contributed by atoms with van der Waals surface area (Å²) in [5.74, 6) is 0. The predicted octanol–water partition coefficient (Wildman–Crippen LogP) is 6.95. The maximum Gasteiger partial charge on any atom is 0.176 e. The van der Waals surface area contributed by atoms with E-state index in [4.69, 9.17) is 0 Å². The van der Waals surface area contributed by atoms with E-state index in [1.807, 2.05) is 63.5 Å². The Kier molecular flexibility index (Phi) is 5.73. The van der Waals surface area contributed by atoms with Gasteiger partial charge in [-0.2, -0.15) is 0 Å². The molecule has 0 atom stereocenters. The van der Waals surface area contributed by atoms with Gasteiger partial charge in [0.2, 0.25) is 0 Å². The molecule has 0 saturated heterocycles. The van der Waals surface area contributed by atoms with Gasteiger partial charge in [0.25, 0.3) is 0 Å². The zero-order chi connectivity index (χ0) is 24.7. The molecule has 176 valence electrons. The van der Waals surface area contributed by atoms with E-state index in [1.54, 1.807) is 6.07 Å². The van der Waals surface area contributed by atoms with Crippen molar-refractivity contribution in [2.45, 2.75) is 11.8 Å². The van der Waals surface area contributed by atoms with Gasteiger partial charge in [0.15, 0.2) is 9.84 Å². The molecule has 35 heavy (non-hydrogen) atoms. The first-order valence-corrected chi connectivity index (χ1v) is 13.4. The van der Waals surface area contributed by atoms with E-state index in [-0.39, 0.29) is 0 Å². The molecule has 0 aliphatic carbocycles. The van der Waals surface area contributed by atoms with E-state index in [2.05, 4.69) is 52.3 Å². The Hall–Kier alpha value is -3.83. The molecular weight excluding hydrogens is 452 g/mol. The highest BCUT2D eigenvalue weighted by atomic mass is 32.2. The van der Waals surface area contributed by atoms with Gasteiger partial charge in [-0.25, -0.2) is 8.42 Å². The summed E-state index contributed by atoms with van der Waals surface area (Å²) in [5.41, 5.74) is 8.55. The second-order valence-electron chi connectivity index (χ2n) is 9.13. The Bertz CT molecular complexity index is 1630. The number of para-hydroxylation sites is 1. The summed E-state index contributed by atoms with van der Waals surface area (Å²) in [6.45, 7) is 2.04. The molecule has 0 saturated carbocycles. The molecular formula is C30H28N2O2S. The lowest BCUT2D eigenvalue weighted by atomic mass is 9.88. The van der Waals surface area contributed by atoms with E-state index >= 15 is 0 Å². The van der Waals surface area contributed by atoms with Gasteiger partial charge in [-0.3, -0.25) is 0 Å². The molecule has 1 aromatic heterocycles. The third-order valence-corrected chi connectivity index (χ3v) is 7.60. The van der Waals surface area contributed by atoms with Gasteiger partial charge in [0.05, 0.1) is 10.6 Å². The summed E-state index contributed by atoms with van der Waals surface area (Å²) >= 11 is 0. The van der Waals surface area contributed by atoms with Crippen LogP contribution in [0, 0.1) is 6.92 Å². The molecule has 0 bridgehead atoms. The van der Waals surface area contributed by atoms with Crippen molar-refractivity contribution >= 4 is 26.4 Å². The zero-order valence-corrected chi connectivity index (χ0v) is 21.1. The summed E-state index contributed by atoms with van der Waals surface area (Å²) < 4.78 is 26.3. The first-order chi connectivity index (χ1) is 16.8. The molecule has 4 aromatic carbocycles. The summed E-state index contributed by atoms with van der Waals surface area (Å²) in [7, 11) is 0.498. The third-order valence-electron chi connectivity index (χ3n) is 6.47. The number of rotatable bonds is 5. The van der Waals surface area contributed by atoms with Gasteiger partial charge < -0.3 is 9.88 Å². The van der Waals surface area contributed by atoms with Crippen LogP contribution in [0.3, 0.4) is 0 Å². The number of benzene rings is 4. The largest absolute Gasteiger partial charge is 0.378 e. The van der Waals surface area contributed by atoms with Crippen molar-refractivity contribution in [2.24, 2.45) is 0 Å². The van der Waals surface area contributed by atoms with E-state index < -0.39 is 9.84 Å². The van der Waals surface area contributed by atoms with Crippen LogP contribution in [0.2, 0.25) is 0 Å². The van der Waals surface area contributed by atoms with Crippen LogP contribution in [0.1, 0.15) is 5.56 Å². The molecule has 0 spiro atoms. The van der Waals surface area contributed by atoms with E-state index in [0.29, 0.717) is 4.90 Å². The Morgan fingerprint density at radius 2 is 1.34 bits per heavy atom. The van der Waals surface area contributed by atoms with Crippen LogP contribution in [0.5, 0.6) is 0 Å². The van der Waals surface area contributed by atoms with Gasteiger partial charge >= 0.3 is 0 Å². The number of hydrogen-bond donors (Lipinski definition) is 1. The lowest BCUT2D eigenvalue weighted by molar-refractivity contribution is 0.602. The number of nitrogens with zero attached hydrogens (tertiary/aromatic N) is 1. The standard InChI is InChI=1S/C30H28N2O2S/c1-20-14-19-26(35(4,33)34)29(27(20)21-15-17-23(18-16-21)32(2)3)28-24-12-8-9-13-25(24)31-30(28)22-10-6-5-7-11-22/h5-19,31H,1-4H3. The molecule has 1 heterocycles.